The zero-order chi connectivity index (χ0) is 15.1. The molecule has 1 heterocycles. The molecule has 1 aromatic rings. The summed E-state index contributed by atoms with van der Waals surface area (Å²) in [6.45, 7) is 5.50. The van der Waals surface area contributed by atoms with Crippen LogP contribution >= 0.6 is 0 Å². The Hall–Kier alpha value is -1.98. The minimum Gasteiger partial charge on any atom is -0.481 e. The van der Waals surface area contributed by atoms with Gasteiger partial charge >= 0.3 is 5.97 Å². The monoisotopic (exact) mass is 279 g/mol. The van der Waals surface area contributed by atoms with Crippen LogP contribution in [0.4, 0.5) is 0 Å². The van der Waals surface area contributed by atoms with Gasteiger partial charge in [0, 0.05) is 6.04 Å². The molecule has 1 rings (SSSR count). The maximum Gasteiger partial charge on any atom is 0.305 e. The van der Waals surface area contributed by atoms with Crippen LogP contribution in [0.15, 0.2) is 6.33 Å². The molecule has 1 atom stereocenters. The lowest BCUT2D eigenvalue weighted by atomic mass is 10.1. The molecule has 0 saturated heterocycles. The number of aliphatic carboxylic acids is 1. The van der Waals surface area contributed by atoms with Gasteiger partial charge in [-0.05, 0) is 20.3 Å². The fraction of sp³-hybridized carbons (Fsp3) is 0.571. The van der Waals surface area contributed by atoms with Crippen molar-refractivity contribution in [3.8, 4) is 0 Å². The molecule has 0 radical (unpaired) electrons. The third-order valence-corrected chi connectivity index (χ3v) is 3.12. The first-order chi connectivity index (χ1) is 9.45. The number of unbranched alkanes of at least 4 members (excludes halogenated alkanes) is 1. The van der Waals surface area contributed by atoms with E-state index in [0.717, 1.165) is 12.8 Å². The van der Waals surface area contributed by atoms with Crippen LogP contribution < -0.4 is 5.32 Å². The lowest BCUT2D eigenvalue weighted by Gasteiger charge is -2.17. The molecular weight excluding hydrogens is 258 g/mol. The molecular formula is C14H21N3O3. The fourth-order valence-electron chi connectivity index (χ4n) is 2.07. The smallest absolute Gasteiger partial charge is 0.305 e. The highest BCUT2D eigenvalue weighted by Crippen LogP contribution is 2.11. The first-order valence-corrected chi connectivity index (χ1v) is 6.76. The van der Waals surface area contributed by atoms with E-state index in [0.29, 0.717) is 23.4 Å². The number of hydrogen-bond donors (Lipinski definition) is 2. The Bertz CT molecular complexity index is 468. The first-order valence-electron chi connectivity index (χ1n) is 6.76. The van der Waals surface area contributed by atoms with Gasteiger partial charge in [0.05, 0.1) is 23.4 Å². The molecule has 2 N–H and O–H groups in total. The molecule has 0 spiro atoms. The summed E-state index contributed by atoms with van der Waals surface area (Å²) in [4.78, 5) is 31.1. The Labute approximate surface area is 118 Å². The van der Waals surface area contributed by atoms with Gasteiger partial charge in [-0.15, -0.1) is 0 Å². The van der Waals surface area contributed by atoms with E-state index >= 15 is 0 Å². The lowest BCUT2D eigenvalue weighted by molar-refractivity contribution is -0.137. The summed E-state index contributed by atoms with van der Waals surface area (Å²) in [6, 6.07) is -0.362. The number of carbonyl (C=O) groups is 2. The van der Waals surface area contributed by atoms with Gasteiger partial charge in [0.25, 0.3) is 5.91 Å². The number of hydrogen-bond acceptors (Lipinski definition) is 4. The molecule has 6 heteroatoms. The van der Waals surface area contributed by atoms with Crippen molar-refractivity contribution < 1.29 is 14.7 Å². The predicted molar refractivity (Wildman–Crippen MR) is 74.5 cm³/mol. The molecule has 0 fully saturated rings. The van der Waals surface area contributed by atoms with Gasteiger partial charge in [-0.25, -0.2) is 9.97 Å². The molecule has 0 aliphatic carbocycles. The van der Waals surface area contributed by atoms with E-state index in [1.807, 2.05) is 6.92 Å². The number of nitrogens with zero attached hydrogens (tertiary/aromatic N) is 2. The van der Waals surface area contributed by atoms with Crippen LogP contribution in [0.1, 0.15) is 54.4 Å². The first kappa shape index (κ1) is 16.1. The normalized spacial score (nSPS) is 11.9. The van der Waals surface area contributed by atoms with Gasteiger partial charge in [-0.3, -0.25) is 9.59 Å². The average molecular weight is 279 g/mol. The number of amides is 1. The van der Waals surface area contributed by atoms with Crippen molar-refractivity contribution in [1.29, 1.82) is 0 Å². The fourth-order valence-corrected chi connectivity index (χ4v) is 2.07. The third-order valence-electron chi connectivity index (χ3n) is 3.12. The molecule has 110 valence electrons. The van der Waals surface area contributed by atoms with Crippen molar-refractivity contribution in [3.05, 3.63) is 23.3 Å². The van der Waals surface area contributed by atoms with Crippen molar-refractivity contribution in [3.63, 3.8) is 0 Å². The topological polar surface area (TPSA) is 92.2 Å². The van der Waals surface area contributed by atoms with Gasteiger partial charge in [0.2, 0.25) is 0 Å². The van der Waals surface area contributed by atoms with Gasteiger partial charge in [0.15, 0.2) is 0 Å². The molecule has 0 aliphatic heterocycles. The average Bonchev–Trinajstić information content (AvgIpc) is 2.35. The summed E-state index contributed by atoms with van der Waals surface area (Å²) in [5.41, 5.74) is 1.62. The van der Waals surface area contributed by atoms with Gasteiger partial charge in [-0.1, -0.05) is 19.8 Å². The minimum absolute atomic E-state index is 0.0719. The molecule has 1 amide bonds. The second-order valence-corrected chi connectivity index (χ2v) is 4.83. The number of carboxylic acids is 1. The molecule has 0 bridgehead atoms. The molecule has 0 saturated carbocycles. The SMILES string of the molecule is CCCC[C@H](CC(=O)O)NC(=O)c1c(C)ncnc1C. The summed E-state index contributed by atoms with van der Waals surface area (Å²) < 4.78 is 0. The summed E-state index contributed by atoms with van der Waals surface area (Å²) in [7, 11) is 0. The van der Waals surface area contributed by atoms with E-state index in [4.69, 9.17) is 5.11 Å². The van der Waals surface area contributed by atoms with Gasteiger partial charge < -0.3 is 10.4 Å². The Kier molecular flexibility index (Phi) is 6.09. The molecule has 0 aromatic carbocycles. The van der Waals surface area contributed by atoms with E-state index in [1.165, 1.54) is 6.33 Å². The van der Waals surface area contributed by atoms with E-state index < -0.39 is 5.97 Å². The van der Waals surface area contributed by atoms with Crippen LogP contribution in [-0.4, -0.2) is 33.0 Å². The standard InChI is InChI=1S/C14H21N3O3/c1-4-5-6-11(7-12(18)19)17-14(20)13-9(2)15-8-16-10(13)3/h8,11H,4-7H2,1-3H3,(H,17,20)(H,18,19)/t11-/m1/s1. The summed E-state index contributed by atoms with van der Waals surface area (Å²) >= 11 is 0. The van der Waals surface area contributed by atoms with Gasteiger partial charge in [0.1, 0.15) is 6.33 Å². The summed E-state index contributed by atoms with van der Waals surface area (Å²) in [5.74, 6) is -1.22. The van der Waals surface area contributed by atoms with Crippen LogP contribution in [0.2, 0.25) is 0 Å². The lowest BCUT2D eigenvalue weighted by Crippen LogP contribution is -2.37. The summed E-state index contributed by atoms with van der Waals surface area (Å²) in [5, 5.41) is 11.7. The molecule has 20 heavy (non-hydrogen) atoms. The molecule has 1 aromatic heterocycles. The number of carboxylic acid groups (broad SMARTS) is 1. The molecule has 0 aliphatic rings. The van der Waals surface area contributed by atoms with Crippen LogP contribution in [0.25, 0.3) is 0 Å². The van der Waals surface area contributed by atoms with Crippen LogP contribution in [-0.2, 0) is 4.79 Å². The Morgan fingerprint density at radius 1 is 1.30 bits per heavy atom. The maximum atomic E-state index is 12.3. The number of rotatable bonds is 7. The zero-order valence-electron chi connectivity index (χ0n) is 12.1. The number of carbonyl (C=O) groups excluding carboxylic acids is 1. The highest BCUT2D eigenvalue weighted by atomic mass is 16.4. The van der Waals surface area contributed by atoms with Crippen molar-refractivity contribution in [2.45, 2.75) is 52.5 Å². The second kappa shape index (κ2) is 7.57. The van der Waals surface area contributed by atoms with Crippen molar-refractivity contribution in [2.75, 3.05) is 0 Å². The zero-order valence-corrected chi connectivity index (χ0v) is 12.1. The van der Waals surface area contributed by atoms with E-state index in [-0.39, 0.29) is 18.4 Å². The second-order valence-electron chi connectivity index (χ2n) is 4.83. The highest BCUT2D eigenvalue weighted by molar-refractivity contribution is 5.96. The van der Waals surface area contributed by atoms with Crippen LogP contribution in [0, 0.1) is 13.8 Å². The minimum atomic E-state index is -0.913. The van der Waals surface area contributed by atoms with E-state index in [2.05, 4.69) is 15.3 Å². The number of nitrogens with one attached hydrogen (secondary N) is 1. The Morgan fingerprint density at radius 2 is 1.90 bits per heavy atom. The van der Waals surface area contributed by atoms with Crippen molar-refractivity contribution in [2.24, 2.45) is 0 Å². The number of aryl methyl sites for hydroxylation is 2. The molecule has 0 unspecified atom stereocenters. The summed E-state index contributed by atoms with van der Waals surface area (Å²) in [6.07, 6.45) is 3.82. The third kappa shape index (κ3) is 4.60. The Balaban J connectivity index is 2.81. The molecule has 6 nitrogen and oxygen atoms in total. The Morgan fingerprint density at radius 3 is 2.40 bits per heavy atom. The number of aromatic nitrogens is 2. The van der Waals surface area contributed by atoms with Gasteiger partial charge in [-0.2, -0.15) is 0 Å². The van der Waals surface area contributed by atoms with E-state index in [9.17, 15) is 9.59 Å². The van der Waals surface area contributed by atoms with Crippen molar-refractivity contribution >= 4 is 11.9 Å². The van der Waals surface area contributed by atoms with E-state index in [1.54, 1.807) is 13.8 Å². The maximum absolute atomic E-state index is 12.3. The highest BCUT2D eigenvalue weighted by Gasteiger charge is 2.19. The van der Waals surface area contributed by atoms with Crippen molar-refractivity contribution in [1.82, 2.24) is 15.3 Å². The predicted octanol–water partition coefficient (Wildman–Crippen LogP) is 1.86. The van der Waals surface area contributed by atoms with Crippen LogP contribution in [0.3, 0.4) is 0 Å². The van der Waals surface area contributed by atoms with Crippen LogP contribution in [0.5, 0.6) is 0 Å². The quantitative estimate of drug-likeness (QED) is 0.794. The largest absolute Gasteiger partial charge is 0.481 e.